The molecule has 0 aliphatic carbocycles. The van der Waals surface area contributed by atoms with Gasteiger partial charge < -0.3 is 4.74 Å². The first-order chi connectivity index (χ1) is 7.11. The summed E-state index contributed by atoms with van der Waals surface area (Å²) in [6.07, 6.45) is -5.02. The zero-order valence-corrected chi connectivity index (χ0v) is 8.76. The van der Waals surface area contributed by atoms with E-state index in [1.807, 2.05) is 0 Å². The van der Waals surface area contributed by atoms with Crippen molar-refractivity contribution in [1.82, 2.24) is 0 Å². The quantitative estimate of drug-likeness (QED) is 0.658. The molecule has 1 aromatic carbocycles. The van der Waals surface area contributed by atoms with Crippen LogP contribution in [0.15, 0.2) is 23.1 Å². The molecule has 0 fully saturated rings. The third-order valence-electron chi connectivity index (χ3n) is 1.66. The molecule has 4 nitrogen and oxygen atoms in total. The van der Waals surface area contributed by atoms with Crippen LogP contribution in [0, 0.1) is 6.92 Å². The molecule has 0 saturated heterocycles. The van der Waals surface area contributed by atoms with Crippen LogP contribution >= 0.6 is 0 Å². The van der Waals surface area contributed by atoms with Crippen LogP contribution in [0.1, 0.15) is 5.56 Å². The molecule has 0 aliphatic heterocycles. The first-order valence-corrected chi connectivity index (χ1v) is 5.38. The summed E-state index contributed by atoms with van der Waals surface area (Å²) < 4.78 is 69.8. The van der Waals surface area contributed by atoms with Crippen molar-refractivity contribution < 1.29 is 30.9 Å². The Morgan fingerprint density at radius 1 is 1.29 bits per heavy atom. The molecule has 0 amide bonds. The second-order valence-corrected chi connectivity index (χ2v) is 4.28. The Balaban J connectivity index is 0.00000256. The third kappa shape index (κ3) is 4.84. The summed E-state index contributed by atoms with van der Waals surface area (Å²) in [5.74, 6) is -0.949. The Bertz CT molecular complexity index is 498. The molecule has 1 rings (SSSR count). The van der Waals surface area contributed by atoms with Crippen LogP contribution in [-0.2, 0) is 10.1 Å². The van der Waals surface area contributed by atoms with Gasteiger partial charge in [0, 0.05) is 0 Å². The molecule has 0 atom stereocenters. The SMILES string of the molecule is Cc1cccc(OC(F)(F)F)c1S(=O)(=O)O.[NaH]. The molecular weight excluding hydrogens is 272 g/mol. The molecular formula is C8H8F3NaO4S. The maximum atomic E-state index is 11.9. The van der Waals surface area contributed by atoms with Gasteiger partial charge in [0.2, 0.25) is 0 Å². The molecule has 17 heavy (non-hydrogen) atoms. The Hall–Kier alpha value is -0.280. The van der Waals surface area contributed by atoms with E-state index in [4.69, 9.17) is 4.55 Å². The summed E-state index contributed by atoms with van der Waals surface area (Å²) in [5, 5.41) is 0. The summed E-state index contributed by atoms with van der Waals surface area (Å²) in [7, 11) is -4.76. The molecule has 92 valence electrons. The Morgan fingerprint density at radius 2 is 1.82 bits per heavy atom. The van der Waals surface area contributed by atoms with E-state index < -0.39 is 27.1 Å². The van der Waals surface area contributed by atoms with Crippen LogP contribution in [0.2, 0.25) is 0 Å². The molecule has 0 saturated carbocycles. The van der Waals surface area contributed by atoms with E-state index in [9.17, 15) is 21.6 Å². The van der Waals surface area contributed by atoms with Crippen LogP contribution in [0.3, 0.4) is 0 Å². The molecule has 0 spiro atoms. The monoisotopic (exact) mass is 280 g/mol. The van der Waals surface area contributed by atoms with Gasteiger partial charge in [-0.15, -0.1) is 13.2 Å². The second kappa shape index (κ2) is 5.57. The van der Waals surface area contributed by atoms with Gasteiger partial charge in [-0.1, -0.05) is 12.1 Å². The van der Waals surface area contributed by atoms with Crippen molar-refractivity contribution in [2.24, 2.45) is 0 Å². The van der Waals surface area contributed by atoms with E-state index in [1.165, 1.54) is 19.1 Å². The zero-order chi connectivity index (χ0) is 12.6. The molecule has 1 aromatic rings. The number of ether oxygens (including phenoxy) is 1. The zero-order valence-electron chi connectivity index (χ0n) is 7.95. The van der Waals surface area contributed by atoms with Gasteiger partial charge in [0.1, 0.15) is 4.90 Å². The van der Waals surface area contributed by atoms with Gasteiger partial charge in [-0.3, -0.25) is 4.55 Å². The number of hydrogen-bond donors (Lipinski definition) is 1. The standard InChI is InChI=1S/C8H7F3O4S.Na.H/c1-5-3-2-4-6(15-8(9,10)11)7(5)16(12,13)14;;/h2-4H,1H3,(H,12,13,14);;. The van der Waals surface area contributed by atoms with E-state index in [0.717, 1.165) is 6.07 Å². The van der Waals surface area contributed by atoms with Gasteiger partial charge in [0.15, 0.2) is 5.75 Å². The van der Waals surface area contributed by atoms with E-state index in [1.54, 1.807) is 0 Å². The molecule has 0 aliphatic rings. The number of halogens is 3. The normalized spacial score (nSPS) is 11.8. The molecule has 9 heteroatoms. The first kappa shape index (κ1) is 16.7. The minimum atomic E-state index is -5.02. The fraction of sp³-hybridized carbons (Fsp3) is 0.250. The van der Waals surface area contributed by atoms with Gasteiger partial charge in [0.05, 0.1) is 0 Å². The van der Waals surface area contributed by atoms with Crippen LogP contribution in [0.5, 0.6) is 5.75 Å². The van der Waals surface area contributed by atoms with Crippen molar-refractivity contribution >= 4 is 39.7 Å². The predicted molar refractivity (Wildman–Crippen MR) is 54.8 cm³/mol. The minimum absolute atomic E-state index is 0. The Kier molecular flexibility index (Phi) is 5.48. The van der Waals surface area contributed by atoms with Crippen LogP contribution < -0.4 is 4.74 Å². The number of aryl methyl sites for hydroxylation is 1. The summed E-state index contributed by atoms with van der Waals surface area (Å²) in [5.41, 5.74) is -0.0377. The summed E-state index contributed by atoms with van der Waals surface area (Å²) in [6.45, 7) is 1.24. The number of hydrogen-bond acceptors (Lipinski definition) is 3. The van der Waals surface area contributed by atoms with Crippen molar-refractivity contribution in [2.45, 2.75) is 18.2 Å². The van der Waals surface area contributed by atoms with Gasteiger partial charge in [-0.05, 0) is 18.6 Å². The Morgan fingerprint density at radius 3 is 2.24 bits per heavy atom. The van der Waals surface area contributed by atoms with Gasteiger partial charge in [0.25, 0.3) is 10.1 Å². The predicted octanol–water partition coefficient (Wildman–Crippen LogP) is 1.49. The summed E-state index contributed by atoms with van der Waals surface area (Å²) in [4.78, 5) is -0.882. The van der Waals surface area contributed by atoms with Gasteiger partial charge >= 0.3 is 35.9 Å². The fourth-order valence-corrected chi connectivity index (χ4v) is 2.00. The van der Waals surface area contributed by atoms with E-state index in [0.29, 0.717) is 0 Å². The van der Waals surface area contributed by atoms with Crippen molar-refractivity contribution in [3.8, 4) is 5.75 Å². The molecule has 0 heterocycles. The van der Waals surface area contributed by atoms with Crippen molar-refractivity contribution in [2.75, 3.05) is 0 Å². The summed E-state index contributed by atoms with van der Waals surface area (Å²) in [6, 6.07) is 3.24. The molecule has 0 aromatic heterocycles. The third-order valence-corrected chi connectivity index (χ3v) is 2.70. The van der Waals surface area contributed by atoms with Gasteiger partial charge in [-0.25, -0.2) is 0 Å². The Labute approximate surface area is 118 Å². The molecule has 0 unspecified atom stereocenters. The molecule has 0 radical (unpaired) electrons. The van der Waals surface area contributed by atoms with E-state index in [-0.39, 0.29) is 35.1 Å². The fourth-order valence-electron chi connectivity index (χ4n) is 1.16. The maximum absolute atomic E-state index is 11.9. The number of benzene rings is 1. The van der Waals surface area contributed by atoms with Crippen molar-refractivity contribution in [3.63, 3.8) is 0 Å². The second-order valence-electron chi connectivity index (χ2n) is 2.93. The van der Waals surface area contributed by atoms with E-state index >= 15 is 0 Å². The number of rotatable bonds is 2. The first-order valence-electron chi connectivity index (χ1n) is 3.94. The topological polar surface area (TPSA) is 63.6 Å². The molecule has 1 N–H and O–H groups in total. The average molecular weight is 280 g/mol. The van der Waals surface area contributed by atoms with E-state index in [2.05, 4.69) is 4.74 Å². The number of alkyl halides is 3. The van der Waals surface area contributed by atoms with Gasteiger partial charge in [-0.2, -0.15) is 8.42 Å². The summed E-state index contributed by atoms with van der Waals surface area (Å²) >= 11 is 0. The van der Waals surface area contributed by atoms with Crippen LogP contribution in [-0.4, -0.2) is 48.9 Å². The average Bonchev–Trinajstić information content (AvgIpc) is 1.97. The van der Waals surface area contributed by atoms with Crippen molar-refractivity contribution in [3.05, 3.63) is 23.8 Å². The molecule has 0 bridgehead atoms. The van der Waals surface area contributed by atoms with Crippen LogP contribution in [0.4, 0.5) is 13.2 Å². The van der Waals surface area contributed by atoms with Crippen molar-refractivity contribution in [1.29, 1.82) is 0 Å². The van der Waals surface area contributed by atoms with Crippen LogP contribution in [0.25, 0.3) is 0 Å².